The van der Waals surface area contributed by atoms with Crippen LogP contribution in [0.2, 0.25) is 0 Å². The van der Waals surface area contributed by atoms with Gasteiger partial charge in [-0.25, -0.2) is 4.79 Å². The SMILES string of the molecule is CC(=O)OCC1OC(C(=O)OCc2ccccc2)[C@H](OC(C)=O)C(OC(C)=O)[C@@H]1OC(C)=O. The van der Waals surface area contributed by atoms with Gasteiger partial charge >= 0.3 is 29.8 Å². The van der Waals surface area contributed by atoms with Crippen molar-refractivity contribution >= 4 is 29.8 Å². The molecule has 1 fully saturated rings. The smallest absolute Gasteiger partial charge is 0.339 e. The minimum atomic E-state index is -1.56. The lowest BCUT2D eigenvalue weighted by Crippen LogP contribution is -2.64. The van der Waals surface area contributed by atoms with Crippen molar-refractivity contribution in [1.29, 1.82) is 0 Å². The van der Waals surface area contributed by atoms with Crippen molar-refractivity contribution in [3.8, 4) is 0 Å². The van der Waals surface area contributed by atoms with Crippen molar-refractivity contribution in [2.24, 2.45) is 0 Å². The Morgan fingerprint density at radius 2 is 1.27 bits per heavy atom. The van der Waals surface area contributed by atoms with E-state index in [1.807, 2.05) is 0 Å². The summed E-state index contributed by atoms with van der Waals surface area (Å²) in [6, 6.07) is 8.79. The van der Waals surface area contributed by atoms with Crippen LogP contribution in [0.1, 0.15) is 33.3 Å². The van der Waals surface area contributed by atoms with Gasteiger partial charge in [-0.2, -0.15) is 0 Å². The first-order valence-electron chi connectivity index (χ1n) is 10.1. The van der Waals surface area contributed by atoms with Gasteiger partial charge in [0.25, 0.3) is 0 Å². The van der Waals surface area contributed by atoms with Gasteiger partial charge in [-0.15, -0.1) is 0 Å². The summed E-state index contributed by atoms with van der Waals surface area (Å²) in [4.78, 5) is 59.5. The molecule has 180 valence electrons. The quantitative estimate of drug-likeness (QED) is 0.398. The Hall–Kier alpha value is -3.47. The molecule has 1 aromatic rings. The predicted octanol–water partition coefficient (Wildman–Crippen LogP) is 0.855. The summed E-state index contributed by atoms with van der Waals surface area (Å²) in [5.41, 5.74) is 0.691. The molecule has 11 heteroatoms. The molecule has 1 heterocycles. The van der Waals surface area contributed by atoms with Gasteiger partial charge in [0.05, 0.1) is 0 Å². The summed E-state index contributed by atoms with van der Waals surface area (Å²) in [5, 5.41) is 0. The minimum absolute atomic E-state index is 0.105. The molecule has 0 aromatic heterocycles. The van der Waals surface area contributed by atoms with Gasteiger partial charge in [0.2, 0.25) is 0 Å². The van der Waals surface area contributed by atoms with Crippen molar-refractivity contribution in [2.75, 3.05) is 6.61 Å². The highest BCUT2D eigenvalue weighted by Gasteiger charge is 2.55. The molecule has 11 nitrogen and oxygen atoms in total. The molecule has 0 aliphatic carbocycles. The number of hydrogen-bond acceptors (Lipinski definition) is 11. The van der Waals surface area contributed by atoms with Crippen molar-refractivity contribution in [3.63, 3.8) is 0 Å². The van der Waals surface area contributed by atoms with Crippen LogP contribution in [-0.2, 0) is 59.0 Å². The fourth-order valence-corrected chi connectivity index (χ4v) is 3.23. The van der Waals surface area contributed by atoms with Crippen LogP contribution in [0.25, 0.3) is 0 Å². The summed E-state index contributed by atoms with van der Waals surface area (Å²) < 4.78 is 31.8. The fourth-order valence-electron chi connectivity index (χ4n) is 3.23. The molecule has 33 heavy (non-hydrogen) atoms. The van der Waals surface area contributed by atoms with E-state index in [9.17, 15) is 24.0 Å². The van der Waals surface area contributed by atoms with Gasteiger partial charge in [-0.1, -0.05) is 30.3 Å². The molecule has 2 rings (SSSR count). The van der Waals surface area contributed by atoms with Crippen LogP contribution in [-0.4, -0.2) is 67.0 Å². The van der Waals surface area contributed by atoms with Crippen LogP contribution in [0.4, 0.5) is 0 Å². The number of rotatable bonds is 8. The van der Waals surface area contributed by atoms with Crippen LogP contribution in [0.3, 0.4) is 0 Å². The third-order valence-electron chi connectivity index (χ3n) is 4.45. The highest BCUT2D eigenvalue weighted by molar-refractivity contribution is 5.77. The predicted molar refractivity (Wildman–Crippen MR) is 108 cm³/mol. The fraction of sp³-hybridized carbons (Fsp3) is 0.500. The van der Waals surface area contributed by atoms with Crippen LogP contribution < -0.4 is 0 Å². The van der Waals surface area contributed by atoms with E-state index in [-0.39, 0.29) is 6.61 Å². The average molecular weight is 466 g/mol. The van der Waals surface area contributed by atoms with Gasteiger partial charge in [0.1, 0.15) is 19.3 Å². The molecule has 0 saturated carbocycles. The van der Waals surface area contributed by atoms with E-state index in [0.717, 1.165) is 27.7 Å². The van der Waals surface area contributed by atoms with Gasteiger partial charge < -0.3 is 28.4 Å². The lowest BCUT2D eigenvalue weighted by Gasteiger charge is -2.43. The largest absolute Gasteiger partial charge is 0.463 e. The maximum absolute atomic E-state index is 12.9. The lowest BCUT2D eigenvalue weighted by molar-refractivity contribution is -0.254. The Morgan fingerprint density at radius 3 is 1.82 bits per heavy atom. The van der Waals surface area contributed by atoms with Crippen LogP contribution in [0, 0.1) is 0 Å². The van der Waals surface area contributed by atoms with Crippen LogP contribution >= 0.6 is 0 Å². The highest BCUT2D eigenvalue weighted by atomic mass is 16.7. The van der Waals surface area contributed by atoms with E-state index in [0.29, 0.717) is 5.56 Å². The second-order valence-corrected chi connectivity index (χ2v) is 7.21. The molecular formula is C22H26O11. The Bertz CT molecular complexity index is 866. The standard InChI is InChI=1S/C22H26O11/c1-12(23)28-11-17-18(30-13(2)24)19(31-14(3)25)20(32-15(4)26)21(33-17)22(27)29-10-16-8-6-5-7-9-16/h5-9,17-21H,10-11H2,1-4H3/t17?,18-,19?,20-,21?/m1/s1. The third-order valence-corrected chi connectivity index (χ3v) is 4.45. The summed E-state index contributed by atoms with van der Waals surface area (Å²) in [6.07, 6.45) is -7.04. The first-order chi connectivity index (χ1) is 15.6. The van der Waals surface area contributed by atoms with E-state index in [4.69, 9.17) is 28.4 Å². The maximum Gasteiger partial charge on any atom is 0.339 e. The minimum Gasteiger partial charge on any atom is -0.463 e. The zero-order chi connectivity index (χ0) is 24.5. The van der Waals surface area contributed by atoms with Gasteiger partial charge in [-0.3, -0.25) is 19.2 Å². The summed E-state index contributed by atoms with van der Waals surface area (Å²) >= 11 is 0. The number of benzene rings is 1. The summed E-state index contributed by atoms with van der Waals surface area (Å²) in [5.74, 6) is -3.94. The Kier molecular flexibility index (Phi) is 9.34. The number of esters is 5. The highest BCUT2D eigenvalue weighted by Crippen LogP contribution is 2.30. The summed E-state index contributed by atoms with van der Waals surface area (Å²) in [6.45, 7) is 3.90. The number of ether oxygens (including phenoxy) is 6. The third kappa shape index (κ3) is 7.86. The molecule has 1 saturated heterocycles. The molecule has 0 N–H and O–H groups in total. The number of hydrogen-bond donors (Lipinski definition) is 0. The molecule has 0 amide bonds. The van der Waals surface area contributed by atoms with Gasteiger partial charge in [0, 0.05) is 27.7 Å². The van der Waals surface area contributed by atoms with Crippen LogP contribution in [0.5, 0.6) is 0 Å². The zero-order valence-corrected chi connectivity index (χ0v) is 18.7. The molecular weight excluding hydrogens is 440 g/mol. The van der Waals surface area contributed by atoms with E-state index in [1.165, 1.54) is 0 Å². The zero-order valence-electron chi connectivity index (χ0n) is 18.7. The second-order valence-electron chi connectivity index (χ2n) is 7.21. The molecule has 3 unspecified atom stereocenters. The average Bonchev–Trinajstić information content (AvgIpc) is 2.73. The van der Waals surface area contributed by atoms with Gasteiger partial charge in [-0.05, 0) is 5.56 Å². The number of carbonyl (C=O) groups excluding carboxylic acids is 5. The van der Waals surface area contributed by atoms with Crippen molar-refractivity contribution in [1.82, 2.24) is 0 Å². The monoisotopic (exact) mass is 466 g/mol. The maximum atomic E-state index is 12.9. The van der Waals surface area contributed by atoms with Crippen molar-refractivity contribution in [2.45, 2.75) is 64.8 Å². The van der Waals surface area contributed by atoms with E-state index in [2.05, 4.69) is 0 Å². The molecule has 0 radical (unpaired) electrons. The normalized spacial score (nSPS) is 24.2. The molecule has 1 aromatic carbocycles. The molecule has 0 bridgehead atoms. The van der Waals surface area contributed by atoms with E-state index >= 15 is 0 Å². The second kappa shape index (κ2) is 12.0. The Morgan fingerprint density at radius 1 is 0.727 bits per heavy atom. The molecule has 5 atom stereocenters. The van der Waals surface area contributed by atoms with Crippen molar-refractivity contribution in [3.05, 3.63) is 35.9 Å². The first-order valence-corrected chi connectivity index (χ1v) is 10.1. The number of carbonyl (C=O) groups is 5. The molecule has 1 aliphatic heterocycles. The van der Waals surface area contributed by atoms with Crippen LogP contribution in [0.15, 0.2) is 30.3 Å². The summed E-state index contributed by atoms with van der Waals surface area (Å²) in [7, 11) is 0. The lowest BCUT2D eigenvalue weighted by atomic mass is 9.94. The first kappa shape index (κ1) is 25.8. The van der Waals surface area contributed by atoms with E-state index < -0.39 is 67.0 Å². The topological polar surface area (TPSA) is 141 Å². The Labute approximate surface area is 190 Å². The van der Waals surface area contributed by atoms with Gasteiger partial charge in [0.15, 0.2) is 24.4 Å². The Balaban J connectivity index is 2.37. The molecule has 1 aliphatic rings. The molecule has 0 spiro atoms. The van der Waals surface area contributed by atoms with Crippen molar-refractivity contribution < 1.29 is 52.4 Å². The van der Waals surface area contributed by atoms with E-state index in [1.54, 1.807) is 30.3 Å².